The van der Waals surface area contributed by atoms with Crippen molar-refractivity contribution in [2.75, 3.05) is 6.61 Å². The standard InChI is InChI=1S/C23H32O6.Se/c1-13(24)29-12-19(27)23(28)9-7-17-16-5-4-14-10-15(25)6-8-21(14,2)20(16)18(26)11-22(17,23)3;/h10,16-18,20,26,28H,4-9,11-12H2,1-3H3;/t16?,17?,18-,20?,21-,22-,23-;/m0./s1. The molecule has 7 atom stereocenters. The molecule has 3 unspecified atom stereocenters. The number of hydrogen-bond donors (Lipinski definition) is 2. The number of ketones is 2. The van der Waals surface area contributed by atoms with Crippen LogP contribution in [0.15, 0.2) is 11.6 Å². The summed E-state index contributed by atoms with van der Waals surface area (Å²) in [7, 11) is 0. The molecule has 0 bridgehead atoms. The summed E-state index contributed by atoms with van der Waals surface area (Å²) >= 11 is 0. The van der Waals surface area contributed by atoms with Crippen molar-refractivity contribution in [3.8, 4) is 0 Å². The predicted molar refractivity (Wildman–Crippen MR) is 110 cm³/mol. The first kappa shape index (κ1) is 23.6. The SMILES string of the molecule is CC(=O)OCC(=O)[C@@]1(O)CCC2C3CCC4=CC(=O)CC[C@]4(C)C3[C@@H](O)C[C@@]21C.[Se]. The molecule has 0 amide bonds. The Kier molecular flexibility index (Phi) is 6.18. The average molecular weight is 483 g/mol. The molecular formula is C23H32O6Se. The number of esters is 1. The van der Waals surface area contributed by atoms with Gasteiger partial charge in [-0.3, -0.25) is 14.4 Å². The van der Waals surface area contributed by atoms with Crippen LogP contribution in [0.25, 0.3) is 0 Å². The molecule has 166 valence electrons. The van der Waals surface area contributed by atoms with Crippen LogP contribution in [0.3, 0.4) is 0 Å². The molecule has 2 radical (unpaired) electrons. The van der Waals surface area contributed by atoms with Crippen molar-refractivity contribution in [2.24, 2.45) is 28.6 Å². The molecule has 0 spiro atoms. The quantitative estimate of drug-likeness (QED) is 0.470. The van der Waals surface area contributed by atoms with Crippen molar-refractivity contribution < 1.29 is 29.3 Å². The molecule has 0 saturated heterocycles. The average Bonchev–Trinajstić information content (AvgIpc) is 2.91. The van der Waals surface area contributed by atoms with Crippen molar-refractivity contribution in [2.45, 2.75) is 77.4 Å². The number of Topliss-reactive ketones (excluding diaryl/α,β-unsaturated/α-hetero) is 1. The molecule has 3 fully saturated rings. The van der Waals surface area contributed by atoms with E-state index in [2.05, 4.69) is 6.92 Å². The van der Waals surface area contributed by atoms with Gasteiger partial charge in [-0.05, 0) is 67.8 Å². The van der Waals surface area contributed by atoms with Crippen LogP contribution in [0.1, 0.15) is 65.7 Å². The maximum Gasteiger partial charge on any atom is 0.303 e. The Morgan fingerprint density at radius 3 is 2.57 bits per heavy atom. The summed E-state index contributed by atoms with van der Waals surface area (Å²) in [4.78, 5) is 36.0. The van der Waals surface area contributed by atoms with Crippen molar-refractivity contribution >= 4 is 34.6 Å². The predicted octanol–water partition coefficient (Wildman–Crippen LogP) is 1.97. The smallest absolute Gasteiger partial charge is 0.303 e. The van der Waals surface area contributed by atoms with Gasteiger partial charge in [0.15, 0.2) is 12.4 Å². The van der Waals surface area contributed by atoms with Crippen LogP contribution in [0.4, 0.5) is 0 Å². The first-order chi connectivity index (χ1) is 13.5. The summed E-state index contributed by atoms with van der Waals surface area (Å²) in [6.45, 7) is 4.92. The van der Waals surface area contributed by atoms with E-state index in [1.807, 2.05) is 6.92 Å². The Hall–Kier alpha value is -1.01. The Balaban J connectivity index is 0.00000256. The van der Waals surface area contributed by atoms with Gasteiger partial charge in [0, 0.05) is 35.8 Å². The van der Waals surface area contributed by atoms with E-state index in [4.69, 9.17) is 4.74 Å². The monoisotopic (exact) mass is 484 g/mol. The van der Waals surface area contributed by atoms with Gasteiger partial charge in [0.25, 0.3) is 0 Å². The zero-order chi connectivity index (χ0) is 21.2. The third-order valence-corrected chi connectivity index (χ3v) is 8.92. The molecule has 4 aliphatic rings. The van der Waals surface area contributed by atoms with Crippen LogP contribution in [-0.2, 0) is 19.1 Å². The number of fused-ring (bicyclic) bond motifs is 5. The van der Waals surface area contributed by atoms with E-state index in [-0.39, 0.29) is 46.0 Å². The van der Waals surface area contributed by atoms with E-state index in [1.165, 1.54) is 6.92 Å². The minimum atomic E-state index is -1.58. The Labute approximate surface area is 188 Å². The number of carbonyl (C=O) groups excluding carboxylic acids is 3. The van der Waals surface area contributed by atoms with E-state index < -0.39 is 35.5 Å². The molecule has 4 aliphatic carbocycles. The van der Waals surface area contributed by atoms with Crippen molar-refractivity contribution in [1.82, 2.24) is 0 Å². The molecule has 4 rings (SSSR count). The van der Waals surface area contributed by atoms with Crippen molar-refractivity contribution in [3.63, 3.8) is 0 Å². The summed E-state index contributed by atoms with van der Waals surface area (Å²) in [6.07, 6.45) is 5.54. The van der Waals surface area contributed by atoms with E-state index in [0.717, 1.165) is 31.3 Å². The number of rotatable bonds is 3. The zero-order valence-electron chi connectivity index (χ0n) is 18.0. The van der Waals surface area contributed by atoms with Gasteiger partial charge in [0.1, 0.15) is 5.60 Å². The number of allylic oxidation sites excluding steroid dienone is 1. The summed E-state index contributed by atoms with van der Waals surface area (Å²) in [5.41, 5.74) is -1.36. The van der Waals surface area contributed by atoms with Crippen molar-refractivity contribution in [3.05, 3.63) is 11.6 Å². The summed E-state index contributed by atoms with van der Waals surface area (Å²) in [5, 5.41) is 22.8. The minimum absolute atomic E-state index is 0. The van der Waals surface area contributed by atoms with Gasteiger partial charge >= 0.3 is 5.97 Å². The molecule has 7 heteroatoms. The number of hydrogen-bond acceptors (Lipinski definition) is 6. The number of aliphatic hydroxyl groups is 2. The normalized spacial score (nSPS) is 44.7. The van der Waals surface area contributed by atoms with Crippen LogP contribution >= 0.6 is 0 Å². The van der Waals surface area contributed by atoms with Gasteiger partial charge in [0.05, 0.1) is 6.10 Å². The fourth-order valence-electron chi connectivity index (χ4n) is 7.44. The largest absolute Gasteiger partial charge is 0.458 e. The second kappa shape index (κ2) is 7.84. The molecule has 0 aromatic rings. The zero-order valence-corrected chi connectivity index (χ0v) is 19.7. The first-order valence-electron chi connectivity index (χ1n) is 10.8. The summed E-state index contributed by atoms with van der Waals surface area (Å²) in [6, 6.07) is 0. The first-order valence-corrected chi connectivity index (χ1v) is 10.8. The van der Waals surface area contributed by atoms with Gasteiger partial charge in [-0.2, -0.15) is 0 Å². The van der Waals surface area contributed by atoms with Gasteiger partial charge < -0.3 is 14.9 Å². The third-order valence-electron chi connectivity index (χ3n) is 8.92. The number of aliphatic hydroxyl groups excluding tert-OH is 1. The van der Waals surface area contributed by atoms with Crippen LogP contribution in [0.2, 0.25) is 0 Å². The van der Waals surface area contributed by atoms with E-state index in [0.29, 0.717) is 19.3 Å². The Bertz CT molecular complexity index is 793. The molecule has 6 nitrogen and oxygen atoms in total. The van der Waals surface area contributed by atoms with Crippen LogP contribution < -0.4 is 0 Å². The maximum absolute atomic E-state index is 12.9. The Morgan fingerprint density at radius 2 is 1.90 bits per heavy atom. The van der Waals surface area contributed by atoms with Gasteiger partial charge in [-0.1, -0.05) is 19.4 Å². The fraction of sp³-hybridized carbons (Fsp3) is 0.783. The van der Waals surface area contributed by atoms with Gasteiger partial charge in [-0.15, -0.1) is 0 Å². The third kappa shape index (κ3) is 3.24. The Morgan fingerprint density at radius 1 is 1.20 bits per heavy atom. The fourth-order valence-corrected chi connectivity index (χ4v) is 7.44. The van der Waals surface area contributed by atoms with Crippen LogP contribution in [-0.4, -0.2) is 63.1 Å². The van der Waals surface area contributed by atoms with Crippen LogP contribution in [0.5, 0.6) is 0 Å². The summed E-state index contributed by atoms with van der Waals surface area (Å²) < 4.78 is 4.89. The number of carbonyl (C=O) groups is 3. The second-order valence-electron chi connectivity index (χ2n) is 10.2. The van der Waals surface area contributed by atoms with Gasteiger partial charge in [0.2, 0.25) is 5.78 Å². The molecule has 3 saturated carbocycles. The molecule has 0 heterocycles. The number of ether oxygens (including phenoxy) is 1. The maximum atomic E-state index is 12.9. The summed E-state index contributed by atoms with van der Waals surface area (Å²) in [5.74, 6) is -0.462. The second-order valence-corrected chi connectivity index (χ2v) is 10.2. The molecule has 0 aliphatic heterocycles. The molecule has 30 heavy (non-hydrogen) atoms. The topological polar surface area (TPSA) is 101 Å². The molecule has 0 aromatic carbocycles. The minimum Gasteiger partial charge on any atom is -0.458 e. The van der Waals surface area contributed by atoms with E-state index >= 15 is 0 Å². The molecular weight excluding hydrogens is 451 g/mol. The van der Waals surface area contributed by atoms with Crippen molar-refractivity contribution in [1.29, 1.82) is 0 Å². The molecule has 2 N–H and O–H groups in total. The van der Waals surface area contributed by atoms with E-state index in [1.54, 1.807) is 6.08 Å². The van der Waals surface area contributed by atoms with Gasteiger partial charge in [-0.25, -0.2) is 0 Å². The van der Waals surface area contributed by atoms with Crippen LogP contribution in [0, 0.1) is 28.6 Å². The molecule has 0 aromatic heterocycles. The van der Waals surface area contributed by atoms with E-state index in [9.17, 15) is 24.6 Å².